The molecule has 0 saturated carbocycles. The van der Waals surface area contributed by atoms with Crippen LogP contribution in [0.1, 0.15) is 25.3 Å². The van der Waals surface area contributed by atoms with Gasteiger partial charge in [0.25, 0.3) is 0 Å². The number of benzene rings is 1. The van der Waals surface area contributed by atoms with Gasteiger partial charge in [0.1, 0.15) is 6.33 Å². The molecule has 7 nitrogen and oxygen atoms in total. The molecular formula is C16H23ClN6O. The number of carbonyl (C=O) groups is 1. The number of nitrogens with one attached hydrogen (secondary N) is 2. The van der Waals surface area contributed by atoms with Crippen LogP contribution >= 0.6 is 12.4 Å². The molecule has 0 atom stereocenters. The first-order valence-corrected chi connectivity index (χ1v) is 7.94. The second kappa shape index (κ2) is 8.21. The number of halogens is 1. The summed E-state index contributed by atoms with van der Waals surface area (Å²) < 4.78 is 1.59. The fourth-order valence-corrected chi connectivity index (χ4v) is 2.81. The van der Waals surface area contributed by atoms with Gasteiger partial charge in [-0.3, -0.25) is 4.79 Å². The normalized spacial score (nSPS) is 16.2. The standard InChI is InChI=1S/C16H22N6O.ClH/c1-16(6-8-17-9-7-16)11-18-15(23)10-13-2-4-14(5-3-13)22-12-19-20-21-22;/h2-5,12,17H,6-11H2,1H3,(H,18,23);1H. The molecule has 0 unspecified atom stereocenters. The number of amides is 1. The Labute approximate surface area is 147 Å². The van der Waals surface area contributed by atoms with E-state index in [9.17, 15) is 4.79 Å². The van der Waals surface area contributed by atoms with E-state index in [1.165, 1.54) is 0 Å². The van der Waals surface area contributed by atoms with Crippen LogP contribution in [0.3, 0.4) is 0 Å². The number of rotatable bonds is 5. The Hall–Kier alpha value is -1.99. The highest BCUT2D eigenvalue weighted by Crippen LogP contribution is 2.26. The average molecular weight is 351 g/mol. The first-order chi connectivity index (χ1) is 11.1. The summed E-state index contributed by atoms with van der Waals surface area (Å²) in [7, 11) is 0. The zero-order chi connectivity index (χ0) is 16.1. The molecule has 0 spiro atoms. The summed E-state index contributed by atoms with van der Waals surface area (Å²) in [6.07, 6.45) is 4.15. The summed E-state index contributed by atoms with van der Waals surface area (Å²) in [5.74, 6) is 0.0694. The quantitative estimate of drug-likeness (QED) is 0.844. The van der Waals surface area contributed by atoms with E-state index in [0.717, 1.165) is 43.7 Å². The largest absolute Gasteiger partial charge is 0.355 e. The van der Waals surface area contributed by atoms with E-state index in [1.807, 2.05) is 24.3 Å². The molecule has 0 radical (unpaired) electrons. The average Bonchev–Trinajstić information content (AvgIpc) is 3.09. The number of piperidine rings is 1. The molecule has 2 aromatic rings. The van der Waals surface area contributed by atoms with Crippen molar-refractivity contribution < 1.29 is 4.79 Å². The molecule has 3 rings (SSSR count). The number of hydrogen-bond donors (Lipinski definition) is 2. The Morgan fingerprint density at radius 1 is 1.29 bits per heavy atom. The first kappa shape index (κ1) is 18.4. The maximum Gasteiger partial charge on any atom is 0.224 e. The van der Waals surface area contributed by atoms with Gasteiger partial charge in [0.15, 0.2) is 0 Å². The van der Waals surface area contributed by atoms with Gasteiger partial charge in [0.2, 0.25) is 5.91 Å². The van der Waals surface area contributed by atoms with Crippen molar-refractivity contribution in [3.8, 4) is 5.69 Å². The van der Waals surface area contributed by atoms with Crippen molar-refractivity contribution in [3.63, 3.8) is 0 Å². The van der Waals surface area contributed by atoms with E-state index in [4.69, 9.17) is 0 Å². The molecule has 1 fully saturated rings. The number of aromatic nitrogens is 4. The first-order valence-electron chi connectivity index (χ1n) is 7.94. The molecule has 1 aromatic carbocycles. The van der Waals surface area contributed by atoms with E-state index < -0.39 is 0 Å². The van der Waals surface area contributed by atoms with Gasteiger partial charge in [-0.2, -0.15) is 0 Å². The Bertz CT molecular complexity index is 637. The Morgan fingerprint density at radius 3 is 2.62 bits per heavy atom. The molecule has 2 heterocycles. The van der Waals surface area contributed by atoms with E-state index in [0.29, 0.717) is 6.42 Å². The van der Waals surface area contributed by atoms with E-state index >= 15 is 0 Å². The van der Waals surface area contributed by atoms with Gasteiger partial charge in [-0.15, -0.1) is 17.5 Å². The number of hydrogen-bond acceptors (Lipinski definition) is 5. The predicted octanol–water partition coefficient (Wildman–Crippen LogP) is 1.13. The lowest BCUT2D eigenvalue weighted by atomic mass is 9.81. The Kier molecular flexibility index (Phi) is 6.28. The summed E-state index contributed by atoms with van der Waals surface area (Å²) >= 11 is 0. The maximum absolute atomic E-state index is 12.1. The van der Waals surface area contributed by atoms with Gasteiger partial charge < -0.3 is 10.6 Å². The highest BCUT2D eigenvalue weighted by Gasteiger charge is 2.26. The molecule has 0 bridgehead atoms. The number of carbonyl (C=O) groups excluding carboxylic acids is 1. The van der Waals surface area contributed by atoms with Crippen LogP contribution in [0.15, 0.2) is 30.6 Å². The van der Waals surface area contributed by atoms with Crippen LogP contribution in [0.5, 0.6) is 0 Å². The summed E-state index contributed by atoms with van der Waals surface area (Å²) in [5, 5.41) is 17.5. The molecule has 1 aromatic heterocycles. The molecule has 130 valence electrons. The molecule has 24 heavy (non-hydrogen) atoms. The van der Waals surface area contributed by atoms with E-state index in [1.54, 1.807) is 11.0 Å². The zero-order valence-electron chi connectivity index (χ0n) is 13.7. The van der Waals surface area contributed by atoms with Crippen molar-refractivity contribution in [2.75, 3.05) is 19.6 Å². The van der Waals surface area contributed by atoms with Crippen molar-refractivity contribution in [2.45, 2.75) is 26.2 Å². The summed E-state index contributed by atoms with van der Waals surface area (Å²) in [5.41, 5.74) is 2.07. The molecule has 0 aliphatic carbocycles. The maximum atomic E-state index is 12.1. The fourth-order valence-electron chi connectivity index (χ4n) is 2.81. The van der Waals surface area contributed by atoms with Crippen LogP contribution in [0.2, 0.25) is 0 Å². The van der Waals surface area contributed by atoms with Gasteiger partial charge in [-0.25, -0.2) is 4.68 Å². The van der Waals surface area contributed by atoms with Crippen molar-refractivity contribution in [2.24, 2.45) is 5.41 Å². The Morgan fingerprint density at radius 2 is 2.00 bits per heavy atom. The van der Waals surface area contributed by atoms with Gasteiger partial charge in [-0.05, 0) is 59.5 Å². The second-order valence-electron chi connectivity index (χ2n) is 6.44. The van der Waals surface area contributed by atoms with Crippen molar-refractivity contribution in [3.05, 3.63) is 36.2 Å². The van der Waals surface area contributed by atoms with Crippen LogP contribution < -0.4 is 10.6 Å². The minimum absolute atomic E-state index is 0. The number of nitrogens with zero attached hydrogens (tertiary/aromatic N) is 4. The van der Waals surface area contributed by atoms with Crippen LogP contribution in [0, 0.1) is 5.41 Å². The van der Waals surface area contributed by atoms with Gasteiger partial charge in [0, 0.05) is 6.54 Å². The molecule has 1 saturated heterocycles. The second-order valence-corrected chi connectivity index (χ2v) is 6.44. The third kappa shape index (κ3) is 4.75. The Balaban J connectivity index is 0.00000208. The summed E-state index contributed by atoms with van der Waals surface area (Å²) in [6, 6.07) is 7.69. The van der Waals surface area contributed by atoms with Crippen molar-refractivity contribution >= 4 is 18.3 Å². The summed E-state index contributed by atoms with van der Waals surface area (Å²) in [6.45, 7) is 5.06. The smallest absolute Gasteiger partial charge is 0.224 e. The topological polar surface area (TPSA) is 84.7 Å². The number of tetrazole rings is 1. The summed E-state index contributed by atoms with van der Waals surface area (Å²) in [4.78, 5) is 12.1. The molecule has 8 heteroatoms. The lowest BCUT2D eigenvalue weighted by Crippen LogP contribution is -2.43. The van der Waals surface area contributed by atoms with Crippen LogP contribution in [0.25, 0.3) is 5.69 Å². The SMILES string of the molecule is CC1(CNC(=O)Cc2ccc(-n3cnnn3)cc2)CCNCC1.Cl. The fraction of sp³-hybridized carbons (Fsp3) is 0.500. The van der Waals surface area contributed by atoms with Gasteiger partial charge >= 0.3 is 0 Å². The zero-order valence-corrected chi connectivity index (χ0v) is 14.6. The highest BCUT2D eigenvalue weighted by molar-refractivity contribution is 5.85. The predicted molar refractivity (Wildman–Crippen MR) is 93.3 cm³/mol. The van der Waals surface area contributed by atoms with Crippen LogP contribution in [-0.4, -0.2) is 45.7 Å². The molecule has 1 amide bonds. The van der Waals surface area contributed by atoms with E-state index in [-0.39, 0.29) is 23.7 Å². The van der Waals surface area contributed by atoms with Crippen LogP contribution in [0.4, 0.5) is 0 Å². The molecule has 2 N–H and O–H groups in total. The minimum Gasteiger partial charge on any atom is -0.355 e. The monoisotopic (exact) mass is 350 g/mol. The lowest BCUT2D eigenvalue weighted by molar-refractivity contribution is -0.121. The highest BCUT2D eigenvalue weighted by atomic mass is 35.5. The molecule has 1 aliphatic heterocycles. The molecular weight excluding hydrogens is 328 g/mol. The van der Waals surface area contributed by atoms with Crippen LogP contribution in [-0.2, 0) is 11.2 Å². The van der Waals surface area contributed by atoms with Gasteiger partial charge in [-0.1, -0.05) is 19.1 Å². The third-order valence-electron chi connectivity index (χ3n) is 4.44. The van der Waals surface area contributed by atoms with Crippen molar-refractivity contribution in [1.29, 1.82) is 0 Å². The van der Waals surface area contributed by atoms with E-state index in [2.05, 4.69) is 33.1 Å². The third-order valence-corrected chi connectivity index (χ3v) is 4.44. The van der Waals surface area contributed by atoms with Crippen molar-refractivity contribution in [1.82, 2.24) is 30.8 Å². The minimum atomic E-state index is 0. The lowest BCUT2D eigenvalue weighted by Gasteiger charge is -2.34. The van der Waals surface area contributed by atoms with Gasteiger partial charge in [0.05, 0.1) is 12.1 Å². The molecule has 1 aliphatic rings.